The number of para-hydroxylation sites is 1. The largest absolute Gasteiger partial charge is 0.467 e. The summed E-state index contributed by atoms with van der Waals surface area (Å²) in [5.74, 6) is 0.448. The third kappa shape index (κ3) is 3.12. The first-order chi connectivity index (χ1) is 11.1. The second kappa shape index (κ2) is 6.26. The number of anilines is 1. The predicted molar refractivity (Wildman–Crippen MR) is 92.8 cm³/mol. The van der Waals surface area contributed by atoms with Gasteiger partial charge in [-0.2, -0.15) is 0 Å². The maximum absolute atomic E-state index is 12.8. The van der Waals surface area contributed by atoms with Gasteiger partial charge in [0.15, 0.2) is 5.11 Å². The Bertz CT molecular complexity index is 781. The standard InChI is InChI=1S/C17H17N3O2S/c1-10-6-3-4-7-12(10)19-16(21)14-11(2)18-17(23)20-15(14)13-8-5-9-22-13/h3-9,15H,1-2H3,(H,19,21)(H2,18,20,23). The molecule has 1 amide bonds. The molecule has 2 heterocycles. The second-order valence-corrected chi connectivity index (χ2v) is 5.76. The summed E-state index contributed by atoms with van der Waals surface area (Å²) in [6, 6.07) is 10.8. The Kier molecular flexibility index (Phi) is 4.16. The summed E-state index contributed by atoms with van der Waals surface area (Å²) in [7, 11) is 0. The zero-order chi connectivity index (χ0) is 16.4. The van der Waals surface area contributed by atoms with Gasteiger partial charge in [-0.3, -0.25) is 4.79 Å². The number of thiocarbonyl (C=S) groups is 1. The molecule has 0 spiro atoms. The summed E-state index contributed by atoms with van der Waals surface area (Å²) >= 11 is 5.19. The van der Waals surface area contributed by atoms with Crippen LogP contribution in [0.25, 0.3) is 0 Å². The molecule has 6 heteroatoms. The molecular weight excluding hydrogens is 310 g/mol. The van der Waals surface area contributed by atoms with E-state index in [9.17, 15) is 4.79 Å². The molecule has 0 radical (unpaired) electrons. The monoisotopic (exact) mass is 327 g/mol. The lowest BCUT2D eigenvalue weighted by molar-refractivity contribution is -0.113. The van der Waals surface area contributed by atoms with Crippen molar-refractivity contribution in [1.82, 2.24) is 10.6 Å². The number of carbonyl (C=O) groups is 1. The minimum absolute atomic E-state index is 0.194. The van der Waals surface area contributed by atoms with Gasteiger partial charge in [0.2, 0.25) is 0 Å². The normalized spacial score (nSPS) is 17.5. The molecule has 0 fully saturated rings. The van der Waals surface area contributed by atoms with Crippen LogP contribution in [0.1, 0.15) is 24.3 Å². The average molecular weight is 327 g/mol. The third-order valence-corrected chi connectivity index (χ3v) is 3.95. The molecule has 1 atom stereocenters. The number of hydrogen-bond acceptors (Lipinski definition) is 3. The van der Waals surface area contributed by atoms with Crippen molar-refractivity contribution in [3.63, 3.8) is 0 Å². The van der Waals surface area contributed by atoms with Gasteiger partial charge >= 0.3 is 0 Å². The van der Waals surface area contributed by atoms with Gasteiger partial charge in [0.25, 0.3) is 5.91 Å². The lowest BCUT2D eigenvalue weighted by Crippen LogP contribution is -2.45. The van der Waals surface area contributed by atoms with E-state index in [-0.39, 0.29) is 5.91 Å². The van der Waals surface area contributed by atoms with Crippen LogP contribution in [0.15, 0.2) is 58.3 Å². The highest BCUT2D eigenvalue weighted by molar-refractivity contribution is 7.80. The zero-order valence-corrected chi connectivity index (χ0v) is 13.7. The van der Waals surface area contributed by atoms with Crippen molar-refractivity contribution in [1.29, 1.82) is 0 Å². The average Bonchev–Trinajstić information content (AvgIpc) is 3.03. The summed E-state index contributed by atoms with van der Waals surface area (Å²) in [5.41, 5.74) is 3.04. The maximum Gasteiger partial charge on any atom is 0.255 e. The van der Waals surface area contributed by atoms with Crippen LogP contribution in [0.2, 0.25) is 0 Å². The van der Waals surface area contributed by atoms with E-state index in [1.54, 1.807) is 12.3 Å². The van der Waals surface area contributed by atoms with Crippen LogP contribution >= 0.6 is 12.2 Å². The lowest BCUT2D eigenvalue weighted by atomic mass is 9.99. The van der Waals surface area contributed by atoms with Gasteiger partial charge < -0.3 is 20.4 Å². The number of benzene rings is 1. The van der Waals surface area contributed by atoms with Gasteiger partial charge in [-0.15, -0.1) is 0 Å². The second-order valence-electron chi connectivity index (χ2n) is 5.35. The molecule has 23 heavy (non-hydrogen) atoms. The molecule has 1 aliphatic heterocycles. The Morgan fingerprint density at radius 3 is 2.70 bits per heavy atom. The first-order valence-corrected chi connectivity index (χ1v) is 7.66. The fourth-order valence-electron chi connectivity index (χ4n) is 2.57. The first-order valence-electron chi connectivity index (χ1n) is 7.25. The number of hydrogen-bond donors (Lipinski definition) is 3. The van der Waals surface area contributed by atoms with Gasteiger partial charge in [0, 0.05) is 11.4 Å². The zero-order valence-electron chi connectivity index (χ0n) is 12.8. The van der Waals surface area contributed by atoms with Crippen LogP contribution in [0.5, 0.6) is 0 Å². The molecule has 0 bridgehead atoms. The molecule has 1 aromatic heterocycles. The molecule has 0 saturated carbocycles. The van der Waals surface area contributed by atoms with Crippen LogP contribution in [-0.2, 0) is 4.79 Å². The molecule has 5 nitrogen and oxygen atoms in total. The number of carbonyl (C=O) groups excluding carboxylic acids is 1. The molecule has 0 aliphatic carbocycles. The van der Waals surface area contributed by atoms with E-state index < -0.39 is 6.04 Å². The van der Waals surface area contributed by atoms with Crippen molar-refractivity contribution in [3.05, 3.63) is 65.3 Å². The van der Waals surface area contributed by atoms with Gasteiger partial charge in [0.05, 0.1) is 11.8 Å². The van der Waals surface area contributed by atoms with E-state index in [0.29, 0.717) is 22.1 Å². The Morgan fingerprint density at radius 1 is 1.22 bits per heavy atom. The van der Waals surface area contributed by atoms with E-state index >= 15 is 0 Å². The molecule has 1 aromatic carbocycles. The van der Waals surface area contributed by atoms with Crippen LogP contribution in [0.3, 0.4) is 0 Å². The molecule has 3 rings (SSSR count). The van der Waals surface area contributed by atoms with Gasteiger partial charge in [-0.25, -0.2) is 0 Å². The summed E-state index contributed by atoms with van der Waals surface area (Å²) < 4.78 is 5.46. The molecule has 0 saturated heterocycles. The van der Waals surface area contributed by atoms with Gasteiger partial charge in [0.1, 0.15) is 11.8 Å². The number of aryl methyl sites for hydroxylation is 1. The van der Waals surface area contributed by atoms with Crippen molar-refractivity contribution >= 4 is 28.9 Å². The highest BCUT2D eigenvalue weighted by Gasteiger charge is 2.31. The SMILES string of the molecule is CC1=C(C(=O)Nc2ccccc2C)C(c2ccco2)NC(=S)N1. The summed E-state index contributed by atoms with van der Waals surface area (Å²) in [4.78, 5) is 12.8. The van der Waals surface area contributed by atoms with Crippen LogP contribution in [0, 0.1) is 6.92 Å². The fraction of sp³-hybridized carbons (Fsp3) is 0.176. The van der Waals surface area contributed by atoms with Crippen molar-refractivity contribution in [2.75, 3.05) is 5.32 Å². The molecule has 1 unspecified atom stereocenters. The van der Waals surface area contributed by atoms with Gasteiger partial charge in [-0.05, 0) is 49.8 Å². The topological polar surface area (TPSA) is 66.3 Å². The van der Waals surface area contributed by atoms with Crippen molar-refractivity contribution < 1.29 is 9.21 Å². The third-order valence-electron chi connectivity index (χ3n) is 3.73. The van der Waals surface area contributed by atoms with Crippen LogP contribution in [-0.4, -0.2) is 11.0 Å². The van der Waals surface area contributed by atoms with Crippen molar-refractivity contribution in [2.24, 2.45) is 0 Å². The maximum atomic E-state index is 12.8. The van der Waals surface area contributed by atoms with E-state index in [1.807, 2.05) is 44.2 Å². The summed E-state index contributed by atoms with van der Waals surface area (Å²) in [5, 5.41) is 9.51. The molecule has 3 N–H and O–H groups in total. The minimum Gasteiger partial charge on any atom is -0.467 e. The van der Waals surface area contributed by atoms with E-state index in [4.69, 9.17) is 16.6 Å². The van der Waals surface area contributed by atoms with E-state index in [0.717, 1.165) is 11.3 Å². The molecular formula is C17H17N3O2S. The van der Waals surface area contributed by atoms with Crippen molar-refractivity contribution in [3.8, 4) is 0 Å². The Hall–Kier alpha value is -2.60. The highest BCUT2D eigenvalue weighted by atomic mass is 32.1. The highest BCUT2D eigenvalue weighted by Crippen LogP contribution is 2.28. The Morgan fingerprint density at radius 2 is 2.00 bits per heavy atom. The first kappa shape index (κ1) is 15.3. The Labute approximate surface area is 139 Å². The molecule has 118 valence electrons. The number of nitrogens with one attached hydrogen (secondary N) is 3. The van der Waals surface area contributed by atoms with Crippen LogP contribution < -0.4 is 16.0 Å². The molecule has 2 aromatic rings. The fourth-order valence-corrected chi connectivity index (χ4v) is 2.84. The minimum atomic E-state index is -0.414. The number of amides is 1. The van der Waals surface area contributed by atoms with Crippen LogP contribution in [0.4, 0.5) is 5.69 Å². The smallest absolute Gasteiger partial charge is 0.255 e. The number of rotatable bonds is 3. The summed E-state index contributed by atoms with van der Waals surface area (Å²) in [6.45, 7) is 3.78. The Balaban J connectivity index is 1.94. The molecule has 1 aliphatic rings. The van der Waals surface area contributed by atoms with Crippen molar-refractivity contribution in [2.45, 2.75) is 19.9 Å². The predicted octanol–water partition coefficient (Wildman–Crippen LogP) is 3.02. The lowest BCUT2D eigenvalue weighted by Gasteiger charge is -2.28. The van der Waals surface area contributed by atoms with E-state index in [1.165, 1.54) is 0 Å². The number of allylic oxidation sites excluding steroid dienone is 1. The summed E-state index contributed by atoms with van der Waals surface area (Å²) in [6.07, 6.45) is 1.58. The number of furan rings is 1. The quantitative estimate of drug-likeness (QED) is 0.756. The van der Waals surface area contributed by atoms with E-state index in [2.05, 4.69) is 16.0 Å². The van der Waals surface area contributed by atoms with Gasteiger partial charge in [-0.1, -0.05) is 18.2 Å².